The molecular weight excluding hydrogens is 342 g/mol. The van der Waals surface area contributed by atoms with Gasteiger partial charge in [0.25, 0.3) is 0 Å². The van der Waals surface area contributed by atoms with Crippen molar-refractivity contribution in [2.75, 3.05) is 33.4 Å². The Morgan fingerprint density at radius 2 is 1.93 bits per heavy atom. The van der Waals surface area contributed by atoms with Gasteiger partial charge >= 0.3 is 0 Å². The summed E-state index contributed by atoms with van der Waals surface area (Å²) in [6, 6.07) is 11.8. The second kappa shape index (κ2) is 7.85. The summed E-state index contributed by atoms with van der Waals surface area (Å²) in [4.78, 5) is 11.5. The molecule has 0 unspecified atom stereocenters. The van der Waals surface area contributed by atoms with Gasteiger partial charge in [-0.05, 0) is 30.7 Å². The third kappa shape index (κ3) is 3.56. The summed E-state index contributed by atoms with van der Waals surface area (Å²) in [6.07, 6.45) is 3.69. The number of aryl methyl sites for hydroxylation is 1. The summed E-state index contributed by atoms with van der Waals surface area (Å²) in [5, 5.41) is 4.68. The predicted molar refractivity (Wildman–Crippen MR) is 101 cm³/mol. The van der Waals surface area contributed by atoms with Crippen LogP contribution >= 0.6 is 0 Å². The number of para-hydroxylation sites is 2. The van der Waals surface area contributed by atoms with Crippen LogP contribution in [0.15, 0.2) is 48.8 Å². The first-order valence-corrected chi connectivity index (χ1v) is 9.06. The Balaban J connectivity index is 1.86. The van der Waals surface area contributed by atoms with Crippen LogP contribution in [0.5, 0.6) is 5.75 Å². The van der Waals surface area contributed by atoms with Crippen LogP contribution in [0.1, 0.15) is 23.3 Å². The van der Waals surface area contributed by atoms with E-state index in [4.69, 9.17) is 14.5 Å². The summed E-state index contributed by atoms with van der Waals surface area (Å²) >= 11 is 0. The van der Waals surface area contributed by atoms with Gasteiger partial charge in [0, 0.05) is 25.5 Å². The zero-order chi connectivity index (χ0) is 18.6. The van der Waals surface area contributed by atoms with Gasteiger partial charge in [-0.2, -0.15) is 5.10 Å². The van der Waals surface area contributed by atoms with Crippen LogP contribution < -0.4 is 4.74 Å². The highest BCUT2D eigenvalue weighted by Gasteiger charge is 2.30. The molecule has 3 aromatic rings. The van der Waals surface area contributed by atoms with Gasteiger partial charge in [0.1, 0.15) is 17.3 Å². The molecule has 1 aliphatic heterocycles. The fourth-order valence-electron chi connectivity index (χ4n) is 3.49. The van der Waals surface area contributed by atoms with Crippen molar-refractivity contribution in [3.63, 3.8) is 0 Å². The Kier molecular flexibility index (Phi) is 5.13. The van der Waals surface area contributed by atoms with E-state index in [1.54, 1.807) is 13.3 Å². The van der Waals surface area contributed by atoms with Crippen molar-refractivity contribution in [1.29, 1.82) is 0 Å². The third-order valence-electron chi connectivity index (χ3n) is 4.71. The van der Waals surface area contributed by atoms with Crippen molar-refractivity contribution in [3.05, 3.63) is 66.0 Å². The summed E-state index contributed by atoms with van der Waals surface area (Å²) in [5.41, 5.74) is 1.96. The number of hydrogen-bond donors (Lipinski definition) is 0. The largest absolute Gasteiger partial charge is 0.494 e. The molecule has 2 aromatic heterocycles. The summed E-state index contributed by atoms with van der Waals surface area (Å²) in [6.45, 7) is 4.99. The van der Waals surface area contributed by atoms with E-state index in [-0.39, 0.29) is 6.04 Å². The Bertz CT molecular complexity index is 890. The molecule has 140 valence electrons. The summed E-state index contributed by atoms with van der Waals surface area (Å²) < 4.78 is 13.0. The molecule has 0 N–H and O–H groups in total. The molecule has 0 saturated carbocycles. The van der Waals surface area contributed by atoms with Gasteiger partial charge in [-0.25, -0.2) is 9.67 Å². The highest BCUT2D eigenvalue weighted by Crippen LogP contribution is 2.31. The second-order valence-corrected chi connectivity index (χ2v) is 6.44. The van der Waals surface area contributed by atoms with E-state index in [2.05, 4.69) is 21.0 Å². The number of ether oxygens (including phenoxy) is 2. The average molecular weight is 365 g/mol. The molecule has 4 rings (SSSR count). The van der Waals surface area contributed by atoms with Crippen LogP contribution in [0, 0.1) is 6.92 Å². The van der Waals surface area contributed by atoms with E-state index in [0.29, 0.717) is 13.2 Å². The Morgan fingerprint density at radius 3 is 2.67 bits per heavy atom. The van der Waals surface area contributed by atoms with E-state index in [9.17, 15) is 0 Å². The lowest BCUT2D eigenvalue weighted by molar-refractivity contribution is 0.0220. The average Bonchev–Trinajstić information content (AvgIpc) is 3.10. The van der Waals surface area contributed by atoms with Crippen molar-refractivity contribution in [2.24, 2.45) is 0 Å². The maximum Gasteiger partial charge on any atom is 0.154 e. The molecule has 1 saturated heterocycles. The van der Waals surface area contributed by atoms with Crippen molar-refractivity contribution in [2.45, 2.75) is 13.0 Å². The fraction of sp³-hybridized carbons (Fsp3) is 0.350. The van der Waals surface area contributed by atoms with Gasteiger partial charge < -0.3 is 9.47 Å². The monoisotopic (exact) mass is 365 g/mol. The molecule has 0 spiro atoms. The van der Waals surface area contributed by atoms with Crippen molar-refractivity contribution < 1.29 is 9.47 Å². The highest BCUT2D eigenvalue weighted by molar-refractivity contribution is 5.47. The number of aromatic nitrogens is 4. The maximum atomic E-state index is 5.56. The quantitative estimate of drug-likeness (QED) is 0.692. The molecule has 0 radical (unpaired) electrons. The predicted octanol–water partition coefficient (Wildman–Crippen LogP) is 2.40. The highest BCUT2D eigenvalue weighted by atomic mass is 16.5. The van der Waals surface area contributed by atoms with Gasteiger partial charge in [-0.15, -0.1) is 0 Å². The molecule has 1 fully saturated rings. The van der Waals surface area contributed by atoms with Crippen LogP contribution in [0.2, 0.25) is 0 Å². The number of hydrogen-bond acceptors (Lipinski definition) is 6. The minimum absolute atomic E-state index is 0.0614. The Hall–Kier alpha value is -2.77. The van der Waals surface area contributed by atoms with Gasteiger partial charge in [-0.1, -0.05) is 18.2 Å². The minimum Gasteiger partial charge on any atom is -0.494 e. The van der Waals surface area contributed by atoms with E-state index in [1.165, 1.54) is 0 Å². The first-order chi connectivity index (χ1) is 13.3. The topological polar surface area (TPSA) is 65.3 Å². The first kappa shape index (κ1) is 17.6. The molecule has 1 aliphatic rings. The molecule has 1 aromatic carbocycles. The number of nitrogens with zero attached hydrogens (tertiary/aromatic N) is 5. The lowest BCUT2D eigenvalue weighted by Gasteiger charge is -2.34. The van der Waals surface area contributed by atoms with E-state index < -0.39 is 0 Å². The molecule has 0 aliphatic carbocycles. The molecular formula is C20H23N5O2. The third-order valence-corrected chi connectivity index (χ3v) is 4.71. The van der Waals surface area contributed by atoms with Gasteiger partial charge in [0.15, 0.2) is 5.82 Å². The van der Waals surface area contributed by atoms with Crippen LogP contribution in [-0.2, 0) is 4.74 Å². The second-order valence-electron chi connectivity index (χ2n) is 6.44. The number of pyridine rings is 1. The molecule has 1 atom stereocenters. The van der Waals surface area contributed by atoms with Crippen LogP contribution in [0.4, 0.5) is 0 Å². The zero-order valence-electron chi connectivity index (χ0n) is 15.6. The smallest absolute Gasteiger partial charge is 0.154 e. The summed E-state index contributed by atoms with van der Waals surface area (Å²) in [7, 11) is 1.67. The zero-order valence-corrected chi connectivity index (χ0v) is 15.6. The molecule has 27 heavy (non-hydrogen) atoms. The first-order valence-electron chi connectivity index (χ1n) is 9.06. The standard InChI is InChI=1S/C20H23N5O2/c1-15-22-20(25(23-15)17-7-3-4-8-18(17)26-2)19(16-6-5-9-21-14-16)24-10-12-27-13-11-24/h3-9,14,19H,10-13H2,1-2H3/t19-/m1/s1. The van der Waals surface area contributed by atoms with Crippen LogP contribution in [0.3, 0.4) is 0 Å². The number of benzene rings is 1. The van der Waals surface area contributed by atoms with Crippen molar-refractivity contribution in [3.8, 4) is 11.4 Å². The van der Waals surface area contributed by atoms with Crippen molar-refractivity contribution in [1.82, 2.24) is 24.6 Å². The lowest BCUT2D eigenvalue weighted by Crippen LogP contribution is -2.40. The van der Waals surface area contributed by atoms with E-state index in [1.807, 2.05) is 48.1 Å². The fourth-order valence-corrected chi connectivity index (χ4v) is 3.49. The minimum atomic E-state index is -0.0614. The molecule has 3 heterocycles. The lowest BCUT2D eigenvalue weighted by atomic mass is 10.1. The number of morpholine rings is 1. The number of methoxy groups -OCH3 is 1. The maximum absolute atomic E-state index is 5.56. The van der Waals surface area contributed by atoms with Gasteiger partial charge in [0.05, 0.1) is 26.4 Å². The molecule has 7 nitrogen and oxygen atoms in total. The SMILES string of the molecule is COc1ccccc1-n1nc(C)nc1[C@@H](c1cccnc1)N1CCOCC1. The molecule has 0 bridgehead atoms. The Morgan fingerprint density at radius 1 is 1.11 bits per heavy atom. The van der Waals surface area contributed by atoms with Crippen LogP contribution in [0.25, 0.3) is 5.69 Å². The van der Waals surface area contributed by atoms with Crippen LogP contribution in [-0.4, -0.2) is 58.1 Å². The number of rotatable bonds is 5. The summed E-state index contributed by atoms with van der Waals surface area (Å²) in [5.74, 6) is 2.33. The Labute approximate surface area is 158 Å². The van der Waals surface area contributed by atoms with Gasteiger partial charge in [0.2, 0.25) is 0 Å². The van der Waals surface area contributed by atoms with Gasteiger partial charge in [-0.3, -0.25) is 9.88 Å². The van der Waals surface area contributed by atoms with E-state index in [0.717, 1.165) is 41.7 Å². The molecule has 7 heteroatoms. The van der Waals surface area contributed by atoms with Crippen molar-refractivity contribution >= 4 is 0 Å². The normalized spacial score (nSPS) is 16.2. The molecule has 0 amide bonds. The van der Waals surface area contributed by atoms with E-state index >= 15 is 0 Å².